The number of carbonyl (C=O) groups is 1. The van der Waals surface area contributed by atoms with Crippen LogP contribution in [-0.4, -0.2) is 12.9 Å². The zero-order valence-corrected chi connectivity index (χ0v) is 12.0. The maximum atomic E-state index is 12.3. The van der Waals surface area contributed by atoms with Gasteiger partial charge in [0, 0.05) is 0 Å². The molecule has 0 amide bonds. The number of methoxy groups -OCH3 is 1. The highest BCUT2D eigenvalue weighted by Crippen LogP contribution is 2.21. The van der Waals surface area contributed by atoms with Crippen molar-refractivity contribution in [2.45, 2.75) is 13.8 Å². The summed E-state index contributed by atoms with van der Waals surface area (Å²) < 4.78 is 5.24. The number of aryl methyl sites for hydroxylation is 2. The predicted molar refractivity (Wildman–Crippen MR) is 82.3 cm³/mol. The van der Waals surface area contributed by atoms with E-state index in [-0.39, 0.29) is 5.78 Å². The van der Waals surface area contributed by atoms with E-state index in [1.54, 1.807) is 13.2 Å². The highest BCUT2D eigenvalue weighted by molar-refractivity contribution is 6.08. The van der Waals surface area contributed by atoms with E-state index in [1.165, 1.54) is 5.56 Å². The Bertz CT molecular complexity index is 654. The van der Waals surface area contributed by atoms with Crippen LogP contribution in [0.4, 0.5) is 0 Å². The fourth-order valence-electron chi connectivity index (χ4n) is 2.05. The van der Waals surface area contributed by atoms with Crippen molar-refractivity contribution in [1.29, 1.82) is 0 Å². The molecule has 102 valence electrons. The lowest BCUT2D eigenvalue weighted by Gasteiger charge is -2.06. The molecule has 0 atom stereocenters. The SMILES string of the molecule is COc1ccc(C)cc1C(=O)/C=C/c1cccc(C)c1. The van der Waals surface area contributed by atoms with Gasteiger partial charge in [-0.2, -0.15) is 0 Å². The van der Waals surface area contributed by atoms with Gasteiger partial charge in [0.2, 0.25) is 0 Å². The average Bonchev–Trinajstić information content (AvgIpc) is 2.45. The van der Waals surface area contributed by atoms with Crippen LogP contribution in [0.2, 0.25) is 0 Å². The minimum atomic E-state index is -0.0490. The topological polar surface area (TPSA) is 26.3 Å². The fourth-order valence-corrected chi connectivity index (χ4v) is 2.05. The van der Waals surface area contributed by atoms with Gasteiger partial charge in [-0.1, -0.05) is 47.5 Å². The third-order valence-electron chi connectivity index (χ3n) is 3.09. The third-order valence-corrected chi connectivity index (χ3v) is 3.09. The van der Waals surface area contributed by atoms with Crippen molar-refractivity contribution in [2.24, 2.45) is 0 Å². The molecule has 0 saturated carbocycles. The first-order valence-corrected chi connectivity index (χ1v) is 6.54. The third kappa shape index (κ3) is 3.35. The van der Waals surface area contributed by atoms with Crippen LogP contribution < -0.4 is 4.74 Å². The highest BCUT2D eigenvalue weighted by atomic mass is 16.5. The standard InChI is InChI=1S/C18H18O2/c1-13-5-4-6-15(11-13)8-9-17(19)16-12-14(2)7-10-18(16)20-3/h4-12H,1-3H3/b9-8+. The number of benzene rings is 2. The second-order valence-electron chi connectivity index (χ2n) is 4.82. The average molecular weight is 266 g/mol. The summed E-state index contributed by atoms with van der Waals surface area (Å²) in [6, 6.07) is 13.6. The Kier molecular flexibility index (Phi) is 4.36. The van der Waals surface area contributed by atoms with Gasteiger partial charge in [-0.3, -0.25) is 4.79 Å². The van der Waals surface area contributed by atoms with Gasteiger partial charge in [-0.05, 0) is 37.6 Å². The van der Waals surface area contributed by atoms with E-state index in [4.69, 9.17) is 4.74 Å². The Morgan fingerprint density at radius 1 is 1.05 bits per heavy atom. The van der Waals surface area contributed by atoms with Crippen LogP contribution in [0.1, 0.15) is 27.0 Å². The van der Waals surface area contributed by atoms with Crippen molar-refractivity contribution in [2.75, 3.05) is 7.11 Å². The van der Waals surface area contributed by atoms with Gasteiger partial charge in [0.1, 0.15) is 5.75 Å². The first-order valence-electron chi connectivity index (χ1n) is 6.54. The fraction of sp³-hybridized carbons (Fsp3) is 0.167. The maximum absolute atomic E-state index is 12.3. The molecule has 0 saturated heterocycles. The van der Waals surface area contributed by atoms with Gasteiger partial charge >= 0.3 is 0 Å². The number of ether oxygens (including phenoxy) is 1. The first-order chi connectivity index (χ1) is 9.60. The summed E-state index contributed by atoms with van der Waals surface area (Å²) in [6.45, 7) is 3.99. The van der Waals surface area contributed by atoms with Crippen LogP contribution in [0.25, 0.3) is 6.08 Å². The second kappa shape index (κ2) is 6.20. The van der Waals surface area contributed by atoms with Gasteiger partial charge in [0.05, 0.1) is 12.7 Å². The molecule has 0 heterocycles. The smallest absolute Gasteiger partial charge is 0.189 e. The van der Waals surface area contributed by atoms with Gasteiger partial charge < -0.3 is 4.74 Å². The zero-order chi connectivity index (χ0) is 14.5. The molecule has 0 aromatic heterocycles. The normalized spacial score (nSPS) is 10.8. The van der Waals surface area contributed by atoms with E-state index < -0.39 is 0 Å². The molecule has 2 heteroatoms. The lowest BCUT2D eigenvalue weighted by molar-refractivity contribution is 0.104. The number of hydrogen-bond donors (Lipinski definition) is 0. The highest BCUT2D eigenvalue weighted by Gasteiger charge is 2.09. The summed E-state index contributed by atoms with van der Waals surface area (Å²) in [5.74, 6) is 0.557. The lowest BCUT2D eigenvalue weighted by atomic mass is 10.0. The summed E-state index contributed by atoms with van der Waals surface area (Å²) in [6.07, 6.45) is 3.42. The van der Waals surface area contributed by atoms with E-state index in [0.29, 0.717) is 11.3 Å². The Labute approximate surface area is 119 Å². The number of ketones is 1. The van der Waals surface area contributed by atoms with Crippen molar-refractivity contribution < 1.29 is 9.53 Å². The molecule has 2 aromatic rings. The van der Waals surface area contributed by atoms with Crippen molar-refractivity contribution in [3.8, 4) is 5.75 Å². The van der Waals surface area contributed by atoms with E-state index in [2.05, 4.69) is 0 Å². The molecule has 0 radical (unpaired) electrons. The molecule has 2 aromatic carbocycles. The second-order valence-corrected chi connectivity index (χ2v) is 4.82. The number of carbonyl (C=O) groups excluding carboxylic acids is 1. The summed E-state index contributed by atoms with van der Waals surface area (Å²) >= 11 is 0. The Morgan fingerprint density at radius 2 is 1.80 bits per heavy atom. The minimum Gasteiger partial charge on any atom is -0.496 e. The summed E-state index contributed by atoms with van der Waals surface area (Å²) in [7, 11) is 1.58. The minimum absolute atomic E-state index is 0.0490. The van der Waals surface area contributed by atoms with Gasteiger partial charge in [-0.15, -0.1) is 0 Å². The Hall–Kier alpha value is -2.35. The molecule has 0 N–H and O–H groups in total. The molecule has 0 aliphatic heterocycles. The molecule has 2 nitrogen and oxygen atoms in total. The van der Waals surface area contributed by atoms with E-state index >= 15 is 0 Å². The summed E-state index contributed by atoms with van der Waals surface area (Å²) in [5, 5.41) is 0. The van der Waals surface area contributed by atoms with Crippen molar-refractivity contribution in [3.05, 3.63) is 70.8 Å². The van der Waals surface area contributed by atoms with Crippen LogP contribution in [0.5, 0.6) is 5.75 Å². The molecular weight excluding hydrogens is 248 g/mol. The van der Waals surface area contributed by atoms with Crippen LogP contribution in [-0.2, 0) is 0 Å². The Balaban J connectivity index is 2.26. The summed E-state index contributed by atoms with van der Waals surface area (Å²) in [4.78, 5) is 12.3. The van der Waals surface area contributed by atoms with E-state index in [1.807, 2.05) is 62.4 Å². The summed E-state index contributed by atoms with van der Waals surface area (Å²) in [5.41, 5.74) is 3.83. The molecular formula is C18H18O2. The molecule has 0 aliphatic rings. The lowest BCUT2D eigenvalue weighted by Crippen LogP contribution is -1.99. The number of allylic oxidation sites excluding steroid dienone is 1. The molecule has 0 unspecified atom stereocenters. The largest absolute Gasteiger partial charge is 0.496 e. The molecule has 2 rings (SSSR count). The van der Waals surface area contributed by atoms with Gasteiger partial charge in [0.15, 0.2) is 5.78 Å². The van der Waals surface area contributed by atoms with Gasteiger partial charge in [0.25, 0.3) is 0 Å². The monoisotopic (exact) mass is 266 g/mol. The quantitative estimate of drug-likeness (QED) is 0.612. The number of rotatable bonds is 4. The van der Waals surface area contributed by atoms with Crippen molar-refractivity contribution >= 4 is 11.9 Å². The molecule has 0 spiro atoms. The van der Waals surface area contributed by atoms with Crippen molar-refractivity contribution in [3.63, 3.8) is 0 Å². The number of hydrogen-bond acceptors (Lipinski definition) is 2. The van der Waals surface area contributed by atoms with Crippen LogP contribution in [0, 0.1) is 13.8 Å². The van der Waals surface area contributed by atoms with Crippen LogP contribution >= 0.6 is 0 Å². The van der Waals surface area contributed by atoms with E-state index in [9.17, 15) is 4.79 Å². The zero-order valence-electron chi connectivity index (χ0n) is 12.0. The van der Waals surface area contributed by atoms with Crippen LogP contribution in [0.15, 0.2) is 48.5 Å². The van der Waals surface area contributed by atoms with Crippen LogP contribution in [0.3, 0.4) is 0 Å². The molecule has 0 fully saturated rings. The maximum Gasteiger partial charge on any atom is 0.189 e. The van der Waals surface area contributed by atoms with E-state index in [0.717, 1.165) is 11.1 Å². The predicted octanol–water partition coefficient (Wildman–Crippen LogP) is 4.21. The van der Waals surface area contributed by atoms with Crippen molar-refractivity contribution in [1.82, 2.24) is 0 Å². The molecule has 20 heavy (non-hydrogen) atoms. The first kappa shape index (κ1) is 14.1. The molecule has 0 aliphatic carbocycles. The Morgan fingerprint density at radius 3 is 2.50 bits per heavy atom. The molecule has 0 bridgehead atoms. The van der Waals surface area contributed by atoms with Gasteiger partial charge in [-0.25, -0.2) is 0 Å².